The average molecular weight is 268 g/mol. The van der Waals surface area contributed by atoms with Crippen LogP contribution in [0.15, 0.2) is 18.2 Å². The number of rotatable bonds is 3. The van der Waals surface area contributed by atoms with Gasteiger partial charge in [0.05, 0.1) is 25.7 Å². The fourth-order valence-corrected chi connectivity index (χ4v) is 3.41. The van der Waals surface area contributed by atoms with E-state index in [4.69, 9.17) is 21.1 Å². The Morgan fingerprint density at radius 2 is 2.28 bits per heavy atom. The highest BCUT2D eigenvalue weighted by molar-refractivity contribution is 6.31. The van der Waals surface area contributed by atoms with Gasteiger partial charge in [0.25, 0.3) is 0 Å². The molecule has 2 aliphatic rings. The van der Waals surface area contributed by atoms with Crippen molar-refractivity contribution in [1.82, 2.24) is 5.32 Å². The van der Waals surface area contributed by atoms with Crippen molar-refractivity contribution in [3.8, 4) is 5.75 Å². The van der Waals surface area contributed by atoms with Crippen molar-refractivity contribution >= 4 is 11.6 Å². The van der Waals surface area contributed by atoms with Crippen LogP contribution in [0, 0.1) is 0 Å². The summed E-state index contributed by atoms with van der Waals surface area (Å²) >= 11 is 6.42. The fourth-order valence-electron chi connectivity index (χ4n) is 3.05. The van der Waals surface area contributed by atoms with E-state index >= 15 is 0 Å². The lowest BCUT2D eigenvalue weighted by Crippen LogP contribution is -2.58. The van der Waals surface area contributed by atoms with Crippen LogP contribution in [-0.4, -0.2) is 32.9 Å². The summed E-state index contributed by atoms with van der Waals surface area (Å²) in [5, 5.41) is 4.37. The van der Waals surface area contributed by atoms with Gasteiger partial charge in [-0.3, -0.25) is 0 Å². The molecule has 2 aliphatic heterocycles. The van der Waals surface area contributed by atoms with Gasteiger partial charge in [0.15, 0.2) is 0 Å². The van der Waals surface area contributed by atoms with Crippen molar-refractivity contribution < 1.29 is 9.47 Å². The summed E-state index contributed by atoms with van der Waals surface area (Å²) in [6.07, 6.45) is 2.44. The van der Waals surface area contributed by atoms with Gasteiger partial charge in [-0.15, -0.1) is 0 Å². The zero-order valence-electron chi connectivity index (χ0n) is 10.5. The standard InChI is InChI=1S/C14H18ClNO2/c1-17-10-4-5-11(12(15)7-10)14(8-18-9-14)13-3-2-6-16-13/h4-5,7,13,16H,2-3,6,8-9H2,1H3. The van der Waals surface area contributed by atoms with Gasteiger partial charge in [-0.2, -0.15) is 0 Å². The molecule has 1 aromatic carbocycles. The summed E-state index contributed by atoms with van der Waals surface area (Å²) < 4.78 is 10.7. The molecule has 2 fully saturated rings. The molecule has 18 heavy (non-hydrogen) atoms. The van der Waals surface area contributed by atoms with E-state index in [9.17, 15) is 0 Å². The number of hydrogen-bond donors (Lipinski definition) is 1. The van der Waals surface area contributed by atoms with Crippen LogP contribution in [0.3, 0.4) is 0 Å². The quantitative estimate of drug-likeness (QED) is 0.912. The van der Waals surface area contributed by atoms with E-state index in [0.717, 1.165) is 30.5 Å². The predicted octanol–water partition coefficient (Wildman–Crippen LogP) is 2.37. The summed E-state index contributed by atoms with van der Waals surface area (Å²) in [6, 6.07) is 6.45. The molecule has 1 atom stereocenters. The molecule has 0 aromatic heterocycles. The Labute approximate surface area is 112 Å². The topological polar surface area (TPSA) is 30.5 Å². The van der Waals surface area contributed by atoms with Crippen molar-refractivity contribution in [2.24, 2.45) is 0 Å². The van der Waals surface area contributed by atoms with E-state index in [1.54, 1.807) is 7.11 Å². The molecule has 0 spiro atoms. The molecular weight excluding hydrogens is 250 g/mol. The Kier molecular flexibility index (Phi) is 3.22. The molecule has 1 unspecified atom stereocenters. The lowest BCUT2D eigenvalue weighted by atomic mass is 9.72. The molecule has 1 aromatic rings. The first-order valence-corrected chi connectivity index (χ1v) is 6.79. The Morgan fingerprint density at radius 3 is 2.78 bits per heavy atom. The van der Waals surface area contributed by atoms with Crippen LogP contribution in [0.1, 0.15) is 18.4 Å². The van der Waals surface area contributed by atoms with Gasteiger partial charge >= 0.3 is 0 Å². The molecule has 0 amide bonds. The number of ether oxygens (including phenoxy) is 2. The van der Waals surface area contributed by atoms with Crippen LogP contribution < -0.4 is 10.1 Å². The third-order valence-corrected chi connectivity index (χ3v) is 4.47. The van der Waals surface area contributed by atoms with E-state index < -0.39 is 0 Å². The monoisotopic (exact) mass is 267 g/mol. The van der Waals surface area contributed by atoms with Crippen LogP contribution in [0.5, 0.6) is 5.75 Å². The molecule has 0 bridgehead atoms. The maximum atomic E-state index is 6.42. The largest absolute Gasteiger partial charge is 0.497 e. The van der Waals surface area contributed by atoms with Crippen molar-refractivity contribution in [3.05, 3.63) is 28.8 Å². The van der Waals surface area contributed by atoms with Gasteiger partial charge in [-0.1, -0.05) is 17.7 Å². The fraction of sp³-hybridized carbons (Fsp3) is 0.571. The molecule has 1 N–H and O–H groups in total. The van der Waals surface area contributed by atoms with Crippen molar-refractivity contribution in [1.29, 1.82) is 0 Å². The SMILES string of the molecule is COc1ccc(C2(C3CCCN3)COC2)c(Cl)c1. The molecule has 4 heteroatoms. The van der Waals surface area contributed by atoms with Gasteiger partial charge in [0.1, 0.15) is 5.75 Å². The molecule has 3 nitrogen and oxygen atoms in total. The first kappa shape index (κ1) is 12.3. The first-order chi connectivity index (χ1) is 8.76. The highest BCUT2D eigenvalue weighted by Gasteiger charge is 2.48. The van der Waals surface area contributed by atoms with E-state index in [1.807, 2.05) is 12.1 Å². The minimum absolute atomic E-state index is 0.0554. The summed E-state index contributed by atoms with van der Waals surface area (Å²) in [4.78, 5) is 0. The van der Waals surface area contributed by atoms with Gasteiger partial charge < -0.3 is 14.8 Å². The highest BCUT2D eigenvalue weighted by atomic mass is 35.5. The number of hydrogen-bond acceptors (Lipinski definition) is 3. The van der Waals surface area contributed by atoms with Crippen molar-refractivity contribution in [2.45, 2.75) is 24.3 Å². The minimum atomic E-state index is 0.0554. The first-order valence-electron chi connectivity index (χ1n) is 6.41. The van der Waals surface area contributed by atoms with Gasteiger partial charge in [0, 0.05) is 11.1 Å². The van der Waals surface area contributed by atoms with Crippen LogP contribution in [0.25, 0.3) is 0 Å². The third kappa shape index (κ3) is 1.81. The smallest absolute Gasteiger partial charge is 0.120 e. The molecule has 3 rings (SSSR count). The lowest BCUT2D eigenvalue weighted by Gasteiger charge is -2.47. The highest BCUT2D eigenvalue weighted by Crippen LogP contribution is 2.42. The summed E-state index contributed by atoms with van der Waals surface area (Å²) in [5.41, 5.74) is 1.25. The van der Waals surface area contributed by atoms with Crippen molar-refractivity contribution in [3.63, 3.8) is 0 Å². The van der Waals surface area contributed by atoms with E-state index in [1.165, 1.54) is 18.4 Å². The zero-order valence-corrected chi connectivity index (χ0v) is 11.3. The normalized spacial score (nSPS) is 25.8. The van der Waals surface area contributed by atoms with Gasteiger partial charge in [-0.05, 0) is 37.1 Å². The molecule has 2 saturated heterocycles. The Bertz CT molecular complexity index is 439. The van der Waals surface area contributed by atoms with Gasteiger partial charge in [-0.25, -0.2) is 0 Å². The molecule has 2 heterocycles. The second kappa shape index (κ2) is 4.72. The Balaban J connectivity index is 1.96. The minimum Gasteiger partial charge on any atom is -0.497 e. The zero-order chi connectivity index (χ0) is 12.6. The molecular formula is C14H18ClNO2. The second-order valence-electron chi connectivity index (χ2n) is 5.14. The van der Waals surface area contributed by atoms with Crippen LogP contribution in [-0.2, 0) is 10.2 Å². The molecule has 98 valence electrons. The number of methoxy groups -OCH3 is 1. The summed E-state index contributed by atoms with van der Waals surface area (Å²) in [7, 11) is 1.66. The molecule has 0 radical (unpaired) electrons. The molecule has 0 saturated carbocycles. The average Bonchev–Trinajstić information content (AvgIpc) is 2.83. The van der Waals surface area contributed by atoms with Crippen LogP contribution in [0.2, 0.25) is 5.02 Å². The van der Waals surface area contributed by atoms with E-state index in [-0.39, 0.29) is 5.41 Å². The van der Waals surface area contributed by atoms with Gasteiger partial charge in [0.2, 0.25) is 0 Å². The Hall–Kier alpha value is -0.770. The van der Waals surface area contributed by atoms with Crippen LogP contribution >= 0.6 is 11.6 Å². The number of nitrogens with one attached hydrogen (secondary N) is 1. The lowest BCUT2D eigenvalue weighted by molar-refractivity contribution is -0.0760. The maximum Gasteiger partial charge on any atom is 0.120 e. The van der Waals surface area contributed by atoms with E-state index in [0.29, 0.717) is 6.04 Å². The summed E-state index contributed by atoms with van der Waals surface area (Å²) in [6.45, 7) is 2.62. The second-order valence-corrected chi connectivity index (χ2v) is 5.55. The predicted molar refractivity (Wildman–Crippen MR) is 71.5 cm³/mol. The maximum absolute atomic E-state index is 6.42. The Morgan fingerprint density at radius 1 is 1.44 bits per heavy atom. The number of halogens is 1. The van der Waals surface area contributed by atoms with Crippen molar-refractivity contribution in [2.75, 3.05) is 26.9 Å². The number of benzene rings is 1. The third-order valence-electron chi connectivity index (χ3n) is 4.16. The van der Waals surface area contributed by atoms with E-state index in [2.05, 4.69) is 11.4 Å². The molecule has 0 aliphatic carbocycles. The summed E-state index contributed by atoms with van der Waals surface area (Å²) in [5.74, 6) is 0.804. The van der Waals surface area contributed by atoms with Crippen LogP contribution in [0.4, 0.5) is 0 Å².